The number of morpholine rings is 1. The number of aliphatic carboxylic acids is 1. The molecule has 0 radical (unpaired) electrons. The van der Waals surface area contributed by atoms with Gasteiger partial charge in [0.1, 0.15) is 19.1 Å². The highest BCUT2D eigenvalue weighted by Crippen LogP contribution is 2.13. The molecule has 1 aromatic rings. The first-order valence-electron chi connectivity index (χ1n) is 8.55. The zero-order valence-corrected chi connectivity index (χ0v) is 14.9. The van der Waals surface area contributed by atoms with E-state index in [0.29, 0.717) is 17.3 Å². The highest BCUT2D eigenvalue weighted by molar-refractivity contribution is 6.30. The van der Waals surface area contributed by atoms with Gasteiger partial charge >= 0.3 is 0 Å². The van der Waals surface area contributed by atoms with E-state index >= 15 is 0 Å². The monoisotopic (exact) mass is 370 g/mol. The summed E-state index contributed by atoms with van der Waals surface area (Å²) < 4.78 is 5.31. The second-order valence-corrected chi connectivity index (χ2v) is 6.61. The number of nitrogens with two attached hydrogens (primary N) is 1. The maximum absolute atomic E-state index is 12.0. The normalized spacial score (nSPS) is 16.4. The Morgan fingerprint density at radius 3 is 2.60 bits per heavy atom. The number of hydrogen-bond donors (Lipinski definition) is 3. The fraction of sp³-hybridized carbons (Fsp3) is 0.529. The van der Waals surface area contributed by atoms with E-state index in [1.165, 1.54) is 4.90 Å². The third kappa shape index (κ3) is 7.39. The van der Waals surface area contributed by atoms with Gasteiger partial charge in [0.2, 0.25) is 5.91 Å². The number of carbonyl (C=O) groups excluding carboxylic acids is 2. The van der Waals surface area contributed by atoms with Crippen LogP contribution in [0.5, 0.6) is 0 Å². The summed E-state index contributed by atoms with van der Waals surface area (Å²) >= 11 is 5.79. The predicted octanol–water partition coefficient (Wildman–Crippen LogP) is -2.34. The van der Waals surface area contributed by atoms with Gasteiger partial charge < -0.3 is 30.2 Å². The Hall–Kier alpha value is -1.67. The number of hydrogen-bond acceptors (Lipinski definition) is 4. The predicted molar refractivity (Wildman–Crippen MR) is 91.3 cm³/mol. The highest BCUT2D eigenvalue weighted by Gasteiger charge is 2.19. The molecule has 1 fully saturated rings. The third-order valence-electron chi connectivity index (χ3n) is 4.22. The van der Waals surface area contributed by atoms with Crippen molar-refractivity contribution in [3.05, 3.63) is 29.3 Å². The number of rotatable bonds is 9. The molecule has 1 aliphatic heterocycles. The maximum atomic E-state index is 12.0. The van der Waals surface area contributed by atoms with Crippen molar-refractivity contribution < 1.29 is 29.6 Å². The lowest BCUT2D eigenvalue weighted by Gasteiger charge is -2.23. The lowest BCUT2D eigenvalue weighted by atomic mass is 10.2. The van der Waals surface area contributed by atoms with Crippen molar-refractivity contribution in [2.45, 2.75) is 18.9 Å². The number of anilines is 1. The molecule has 0 saturated carbocycles. The number of quaternary nitrogens is 2. The van der Waals surface area contributed by atoms with Crippen molar-refractivity contribution in [3.8, 4) is 0 Å². The van der Waals surface area contributed by atoms with Crippen LogP contribution in [-0.2, 0) is 14.3 Å². The van der Waals surface area contributed by atoms with Crippen LogP contribution in [-0.4, -0.2) is 57.3 Å². The quantitative estimate of drug-likeness (QED) is 0.424. The Balaban J connectivity index is 1.70. The number of nitrogens with one attached hydrogen (secondary N) is 2. The summed E-state index contributed by atoms with van der Waals surface area (Å²) in [5.41, 5.74) is 0.586. The number of carboxylic acids is 1. The SMILES string of the molecule is O=C(C[C@@H]([NH2+]CCC[NH+]1CCOCC1)C(=O)[O-])Nc1ccc(Cl)cc1. The fourth-order valence-corrected chi connectivity index (χ4v) is 2.92. The van der Waals surface area contributed by atoms with Crippen molar-refractivity contribution in [1.82, 2.24) is 0 Å². The molecule has 0 spiro atoms. The maximum Gasteiger partial charge on any atom is 0.230 e. The van der Waals surface area contributed by atoms with E-state index in [-0.39, 0.29) is 12.3 Å². The molecule has 7 nitrogen and oxygen atoms in total. The van der Waals surface area contributed by atoms with Crippen LogP contribution in [0.1, 0.15) is 12.8 Å². The summed E-state index contributed by atoms with van der Waals surface area (Å²) in [6.07, 6.45) is 0.757. The van der Waals surface area contributed by atoms with Crippen LogP contribution < -0.4 is 20.6 Å². The van der Waals surface area contributed by atoms with Gasteiger partial charge in [-0.3, -0.25) is 4.79 Å². The molecular formula is C17H25ClN3O4+. The van der Waals surface area contributed by atoms with E-state index in [1.54, 1.807) is 29.6 Å². The second-order valence-electron chi connectivity index (χ2n) is 6.18. The number of carboxylic acid groups (broad SMARTS) is 1. The van der Waals surface area contributed by atoms with Crippen LogP contribution >= 0.6 is 11.6 Å². The largest absolute Gasteiger partial charge is 0.544 e. The first kappa shape index (κ1) is 19.7. The summed E-state index contributed by atoms with van der Waals surface area (Å²) in [5.74, 6) is -1.57. The van der Waals surface area contributed by atoms with Gasteiger partial charge in [-0.1, -0.05) is 11.6 Å². The molecule has 0 bridgehead atoms. The molecule has 1 heterocycles. The van der Waals surface area contributed by atoms with Crippen LogP contribution in [0.4, 0.5) is 5.69 Å². The van der Waals surface area contributed by atoms with Gasteiger partial charge in [-0.25, -0.2) is 0 Å². The van der Waals surface area contributed by atoms with Crippen LogP contribution in [0.3, 0.4) is 0 Å². The molecule has 8 heteroatoms. The minimum Gasteiger partial charge on any atom is -0.544 e. The number of benzene rings is 1. The van der Waals surface area contributed by atoms with Crippen molar-refractivity contribution in [2.75, 3.05) is 44.7 Å². The molecular weight excluding hydrogens is 346 g/mol. The smallest absolute Gasteiger partial charge is 0.230 e. The van der Waals surface area contributed by atoms with Gasteiger partial charge in [0.25, 0.3) is 0 Å². The average molecular weight is 371 g/mol. The molecule has 0 unspecified atom stereocenters. The van der Waals surface area contributed by atoms with Crippen molar-refractivity contribution in [2.24, 2.45) is 0 Å². The van der Waals surface area contributed by atoms with Gasteiger partial charge in [0.05, 0.1) is 38.7 Å². The van der Waals surface area contributed by atoms with E-state index in [1.807, 2.05) is 0 Å². The lowest BCUT2D eigenvalue weighted by molar-refractivity contribution is -0.909. The molecule has 1 aromatic carbocycles. The summed E-state index contributed by atoms with van der Waals surface area (Å²) in [5, 5.41) is 16.2. The van der Waals surface area contributed by atoms with Gasteiger partial charge in [-0.15, -0.1) is 0 Å². The molecule has 4 N–H and O–H groups in total. The minimum atomic E-state index is -1.22. The van der Waals surface area contributed by atoms with Crippen molar-refractivity contribution >= 4 is 29.2 Å². The Bertz CT molecular complexity index is 562. The van der Waals surface area contributed by atoms with Crippen molar-refractivity contribution in [3.63, 3.8) is 0 Å². The molecule has 1 amide bonds. The third-order valence-corrected chi connectivity index (χ3v) is 4.47. The summed E-state index contributed by atoms with van der Waals surface area (Å²) in [6.45, 7) is 5.19. The summed E-state index contributed by atoms with van der Waals surface area (Å²) in [4.78, 5) is 24.8. The number of halogens is 1. The Labute approximate surface area is 152 Å². The molecule has 1 atom stereocenters. The van der Waals surface area contributed by atoms with Gasteiger partial charge in [-0.05, 0) is 24.3 Å². The van der Waals surface area contributed by atoms with Crippen LogP contribution in [0.15, 0.2) is 24.3 Å². The van der Waals surface area contributed by atoms with E-state index in [0.717, 1.165) is 39.3 Å². The van der Waals surface area contributed by atoms with E-state index in [4.69, 9.17) is 16.3 Å². The van der Waals surface area contributed by atoms with Crippen LogP contribution in [0, 0.1) is 0 Å². The summed E-state index contributed by atoms with van der Waals surface area (Å²) in [6, 6.07) is 5.78. The molecule has 1 aliphatic rings. The zero-order valence-electron chi connectivity index (χ0n) is 14.1. The lowest BCUT2D eigenvalue weighted by Crippen LogP contribution is -3.14. The van der Waals surface area contributed by atoms with Crippen molar-refractivity contribution in [1.29, 1.82) is 0 Å². The number of carbonyl (C=O) groups is 2. The number of amides is 1. The van der Waals surface area contributed by atoms with Gasteiger partial charge in [0, 0.05) is 17.1 Å². The zero-order chi connectivity index (χ0) is 18.1. The Morgan fingerprint density at radius 2 is 1.96 bits per heavy atom. The number of ether oxygens (including phenoxy) is 1. The Morgan fingerprint density at radius 1 is 1.28 bits per heavy atom. The van der Waals surface area contributed by atoms with Crippen LogP contribution in [0.25, 0.3) is 0 Å². The molecule has 25 heavy (non-hydrogen) atoms. The second kappa shape index (κ2) is 10.4. The van der Waals surface area contributed by atoms with Crippen LogP contribution in [0.2, 0.25) is 5.02 Å². The molecule has 0 aliphatic carbocycles. The molecule has 138 valence electrons. The van der Waals surface area contributed by atoms with E-state index in [2.05, 4.69) is 5.32 Å². The summed E-state index contributed by atoms with van der Waals surface area (Å²) in [7, 11) is 0. The van der Waals surface area contributed by atoms with E-state index < -0.39 is 12.0 Å². The first-order chi connectivity index (χ1) is 12.0. The minimum absolute atomic E-state index is 0.130. The standard InChI is InChI=1S/C17H24ClN3O4/c18-13-2-4-14(5-3-13)20-16(22)12-15(17(23)24)19-6-1-7-21-8-10-25-11-9-21/h2-5,15,19H,1,6-12H2,(H,20,22)(H,23,24)/p+1/t15-/m1/s1. The first-order valence-corrected chi connectivity index (χ1v) is 8.93. The topological polar surface area (TPSA) is 99.5 Å². The average Bonchev–Trinajstić information content (AvgIpc) is 2.60. The molecule has 2 rings (SSSR count). The highest BCUT2D eigenvalue weighted by atomic mass is 35.5. The molecule has 0 aromatic heterocycles. The Kier molecular flexibility index (Phi) is 8.14. The van der Waals surface area contributed by atoms with E-state index in [9.17, 15) is 14.7 Å². The van der Waals surface area contributed by atoms with Gasteiger partial charge in [0.15, 0.2) is 0 Å². The van der Waals surface area contributed by atoms with Gasteiger partial charge in [-0.2, -0.15) is 0 Å². The molecule has 1 saturated heterocycles. The fourth-order valence-electron chi connectivity index (χ4n) is 2.79.